The molecule has 20 heavy (non-hydrogen) atoms. The molecule has 1 saturated carbocycles. The number of aryl methyl sites for hydroxylation is 2. The van der Waals surface area contributed by atoms with Crippen LogP contribution in [0.2, 0.25) is 0 Å². The van der Waals surface area contributed by atoms with Crippen molar-refractivity contribution in [2.24, 2.45) is 17.8 Å². The smallest absolute Gasteiger partial charge is 0.224 e. The molecule has 1 saturated heterocycles. The van der Waals surface area contributed by atoms with E-state index in [4.69, 9.17) is 0 Å². The standard InChI is InChI=1S/C16H23N3O/c1-9-5-6-13(10(2)18-9)16(3,4)19-15(20)14-11-7-17-8-12(11)14/h5-6,11-12,14,17H,7-8H2,1-4H3,(H,19,20)/t11-,12+,14+. The van der Waals surface area contributed by atoms with Gasteiger partial charge in [0.1, 0.15) is 0 Å². The normalized spacial score (nSPS) is 28.1. The number of fused-ring (bicyclic) bond motifs is 1. The first kappa shape index (κ1) is 13.6. The lowest BCUT2D eigenvalue weighted by Gasteiger charge is -2.28. The van der Waals surface area contributed by atoms with Crippen LogP contribution in [0.3, 0.4) is 0 Å². The molecule has 0 unspecified atom stereocenters. The minimum atomic E-state index is -0.369. The second-order valence-electron chi connectivity index (χ2n) is 6.71. The minimum Gasteiger partial charge on any atom is -0.347 e. The zero-order valence-corrected chi connectivity index (χ0v) is 12.7. The van der Waals surface area contributed by atoms with Crippen molar-refractivity contribution in [2.45, 2.75) is 33.2 Å². The topological polar surface area (TPSA) is 54.0 Å². The molecule has 2 fully saturated rings. The van der Waals surface area contributed by atoms with Crippen LogP contribution in [-0.4, -0.2) is 24.0 Å². The summed E-state index contributed by atoms with van der Waals surface area (Å²) in [6.45, 7) is 10.1. The molecule has 0 radical (unpaired) electrons. The van der Waals surface area contributed by atoms with E-state index in [0.29, 0.717) is 11.8 Å². The van der Waals surface area contributed by atoms with Gasteiger partial charge < -0.3 is 10.6 Å². The van der Waals surface area contributed by atoms with Crippen LogP contribution in [0.1, 0.15) is 30.8 Å². The van der Waals surface area contributed by atoms with Gasteiger partial charge in [0.05, 0.1) is 5.54 Å². The first-order chi connectivity index (χ1) is 9.40. The predicted molar refractivity (Wildman–Crippen MR) is 78.2 cm³/mol. The van der Waals surface area contributed by atoms with Gasteiger partial charge in [-0.2, -0.15) is 0 Å². The lowest BCUT2D eigenvalue weighted by atomic mass is 9.92. The average Bonchev–Trinajstić information content (AvgIpc) is 2.83. The zero-order chi connectivity index (χ0) is 14.5. The van der Waals surface area contributed by atoms with E-state index in [0.717, 1.165) is 30.0 Å². The van der Waals surface area contributed by atoms with Crippen molar-refractivity contribution in [1.82, 2.24) is 15.6 Å². The number of hydrogen-bond donors (Lipinski definition) is 2. The van der Waals surface area contributed by atoms with Crippen LogP contribution < -0.4 is 10.6 Å². The van der Waals surface area contributed by atoms with Crippen molar-refractivity contribution >= 4 is 5.91 Å². The van der Waals surface area contributed by atoms with Gasteiger partial charge in [-0.05, 0) is 64.3 Å². The van der Waals surface area contributed by atoms with Crippen LogP contribution in [0, 0.1) is 31.6 Å². The highest BCUT2D eigenvalue weighted by Crippen LogP contribution is 2.49. The second kappa shape index (κ2) is 4.55. The van der Waals surface area contributed by atoms with Crippen LogP contribution >= 0.6 is 0 Å². The van der Waals surface area contributed by atoms with Gasteiger partial charge in [0.2, 0.25) is 5.91 Å². The molecule has 1 aromatic heterocycles. The van der Waals surface area contributed by atoms with Gasteiger partial charge in [0.15, 0.2) is 0 Å². The molecule has 2 N–H and O–H groups in total. The highest BCUT2D eigenvalue weighted by Gasteiger charge is 2.57. The van der Waals surface area contributed by atoms with E-state index in [9.17, 15) is 4.79 Å². The summed E-state index contributed by atoms with van der Waals surface area (Å²) in [4.78, 5) is 16.9. The Labute approximate surface area is 120 Å². The molecule has 1 aliphatic carbocycles. The van der Waals surface area contributed by atoms with Crippen molar-refractivity contribution < 1.29 is 4.79 Å². The van der Waals surface area contributed by atoms with Gasteiger partial charge >= 0.3 is 0 Å². The largest absolute Gasteiger partial charge is 0.347 e. The van der Waals surface area contributed by atoms with Crippen molar-refractivity contribution in [3.05, 3.63) is 29.1 Å². The Hall–Kier alpha value is -1.42. The second-order valence-corrected chi connectivity index (χ2v) is 6.71. The van der Waals surface area contributed by atoms with Crippen molar-refractivity contribution in [3.8, 4) is 0 Å². The first-order valence-corrected chi connectivity index (χ1v) is 7.37. The van der Waals surface area contributed by atoms with Gasteiger partial charge in [-0.15, -0.1) is 0 Å². The van der Waals surface area contributed by atoms with Crippen LogP contribution in [0.15, 0.2) is 12.1 Å². The molecule has 4 nitrogen and oxygen atoms in total. The number of amides is 1. The summed E-state index contributed by atoms with van der Waals surface area (Å²) in [7, 11) is 0. The van der Waals surface area contributed by atoms with Gasteiger partial charge in [-0.25, -0.2) is 0 Å². The highest BCUT2D eigenvalue weighted by molar-refractivity contribution is 5.83. The average molecular weight is 273 g/mol. The van der Waals surface area contributed by atoms with Crippen molar-refractivity contribution in [1.29, 1.82) is 0 Å². The van der Waals surface area contributed by atoms with E-state index >= 15 is 0 Å². The van der Waals surface area contributed by atoms with Gasteiger partial charge in [0, 0.05) is 17.3 Å². The molecule has 0 bridgehead atoms. The molecule has 3 atom stereocenters. The number of rotatable bonds is 3. The summed E-state index contributed by atoms with van der Waals surface area (Å²) in [5, 5.41) is 6.54. The highest BCUT2D eigenvalue weighted by atomic mass is 16.2. The SMILES string of the molecule is Cc1ccc(C(C)(C)NC(=O)[C@H]2[C@@H]3CNC[C@@H]32)c(C)n1. The Balaban J connectivity index is 1.73. The third-order valence-electron chi connectivity index (χ3n) is 4.73. The fourth-order valence-corrected chi connectivity index (χ4v) is 3.61. The van der Waals surface area contributed by atoms with Crippen LogP contribution in [0.4, 0.5) is 0 Å². The molecule has 1 amide bonds. The lowest BCUT2D eigenvalue weighted by Crippen LogP contribution is -2.43. The Kier molecular flexibility index (Phi) is 3.09. The van der Waals surface area contributed by atoms with E-state index < -0.39 is 0 Å². The maximum atomic E-state index is 12.4. The van der Waals surface area contributed by atoms with Crippen LogP contribution in [-0.2, 0) is 10.3 Å². The third kappa shape index (κ3) is 2.22. The number of nitrogens with zero attached hydrogens (tertiary/aromatic N) is 1. The quantitative estimate of drug-likeness (QED) is 0.878. The van der Waals surface area contributed by atoms with Crippen molar-refractivity contribution in [2.75, 3.05) is 13.1 Å². The zero-order valence-electron chi connectivity index (χ0n) is 12.7. The summed E-state index contributed by atoms with van der Waals surface area (Å²) in [5.41, 5.74) is 2.73. The van der Waals surface area contributed by atoms with E-state index in [-0.39, 0.29) is 17.4 Å². The predicted octanol–water partition coefficient (Wildman–Crippen LogP) is 1.52. The van der Waals surface area contributed by atoms with Crippen molar-refractivity contribution in [3.63, 3.8) is 0 Å². The number of carbonyl (C=O) groups excluding carboxylic acids is 1. The third-order valence-corrected chi connectivity index (χ3v) is 4.73. The number of aromatic nitrogens is 1. The van der Waals surface area contributed by atoms with E-state index in [1.165, 1.54) is 0 Å². The number of pyridine rings is 1. The Morgan fingerprint density at radius 2 is 1.95 bits per heavy atom. The maximum absolute atomic E-state index is 12.4. The van der Waals surface area contributed by atoms with Gasteiger partial charge in [0.25, 0.3) is 0 Å². The summed E-state index contributed by atoms with van der Waals surface area (Å²) in [5.74, 6) is 1.53. The molecule has 0 spiro atoms. The molecule has 1 aliphatic heterocycles. The lowest BCUT2D eigenvalue weighted by molar-refractivity contribution is -0.124. The summed E-state index contributed by atoms with van der Waals surface area (Å²) < 4.78 is 0. The Bertz CT molecular complexity index is 543. The Morgan fingerprint density at radius 3 is 2.55 bits per heavy atom. The molecule has 4 heteroatoms. The molecule has 3 rings (SSSR count). The monoisotopic (exact) mass is 273 g/mol. The number of hydrogen-bond acceptors (Lipinski definition) is 3. The van der Waals surface area contributed by atoms with Gasteiger partial charge in [-0.3, -0.25) is 9.78 Å². The van der Waals surface area contributed by atoms with Crippen LogP contribution in [0.25, 0.3) is 0 Å². The molecule has 1 aromatic rings. The molecule has 2 heterocycles. The summed E-state index contributed by atoms with van der Waals surface area (Å²) in [6, 6.07) is 4.08. The van der Waals surface area contributed by atoms with Gasteiger partial charge in [-0.1, -0.05) is 6.07 Å². The molecule has 2 aliphatic rings. The maximum Gasteiger partial charge on any atom is 0.224 e. The van der Waals surface area contributed by atoms with E-state index in [1.54, 1.807) is 0 Å². The molecule has 108 valence electrons. The summed E-state index contributed by atoms with van der Waals surface area (Å²) >= 11 is 0. The number of carbonyl (C=O) groups is 1. The van der Waals surface area contributed by atoms with Crippen LogP contribution in [0.5, 0.6) is 0 Å². The summed E-state index contributed by atoms with van der Waals surface area (Å²) in [6.07, 6.45) is 0. The number of nitrogens with one attached hydrogen (secondary N) is 2. The fourth-order valence-electron chi connectivity index (χ4n) is 3.61. The first-order valence-electron chi connectivity index (χ1n) is 7.37. The molecular formula is C16H23N3O. The van der Waals surface area contributed by atoms with E-state index in [2.05, 4.69) is 35.5 Å². The molecular weight excluding hydrogens is 250 g/mol. The minimum absolute atomic E-state index is 0.200. The molecule has 0 aromatic carbocycles. The van der Waals surface area contributed by atoms with E-state index in [1.807, 2.05) is 19.9 Å². The number of piperidine rings is 1. The Morgan fingerprint density at radius 1 is 1.30 bits per heavy atom. The fraction of sp³-hybridized carbons (Fsp3) is 0.625.